The maximum absolute atomic E-state index is 11.3. The highest BCUT2D eigenvalue weighted by atomic mass is 16.7. The Morgan fingerprint density at radius 3 is 2.82 bits per heavy atom. The molecule has 0 N–H and O–H groups in total. The van der Waals surface area contributed by atoms with Gasteiger partial charge in [0.25, 0.3) is 0 Å². The smallest absolute Gasteiger partial charge is 0.463 e. The van der Waals surface area contributed by atoms with E-state index >= 15 is 0 Å². The van der Waals surface area contributed by atoms with Crippen molar-refractivity contribution in [3.63, 3.8) is 0 Å². The number of ether oxygens (including phenoxy) is 3. The quantitative estimate of drug-likeness (QED) is 0.742. The first-order valence-electron chi connectivity index (χ1n) is 5.08. The third-order valence-electron chi connectivity index (χ3n) is 1.73. The lowest BCUT2D eigenvalue weighted by Gasteiger charge is -2.11. The van der Waals surface area contributed by atoms with Gasteiger partial charge in [0.05, 0.1) is 12.8 Å². The molecule has 1 aromatic rings. The van der Waals surface area contributed by atoms with E-state index < -0.39 is 18.2 Å². The van der Waals surface area contributed by atoms with E-state index in [1.54, 1.807) is 25.3 Å². The lowest BCUT2D eigenvalue weighted by atomic mass is 10.4. The van der Waals surface area contributed by atoms with Gasteiger partial charge in [-0.05, 0) is 26.0 Å². The van der Waals surface area contributed by atoms with Crippen LogP contribution < -0.4 is 4.74 Å². The van der Waals surface area contributed by atoms with Crippen molar-refractivity contribution in [2.75, 3.05) is 6.61 Å². The second kappa shape index (κ2) is 6.47. The first-order valence-corrected chi connectivity index (χ1v) is 5.08. The third kappa shape index (κ3) is 4.50. The Bertz CT molecular complexity index is 379. The molecule has 1 heterocycles. The number of hydrogen-bond donors (Lipinski definition) is 0. The molecule has 0 aliphatic carbocycles. The van der Waals surface area contributed by atoms with Crippen molar-refractivity contribution >= 4 is 12.1 Å². The van der Waals surface area contributed by atoms with Gasteiger partial charge in [-0.15, -0.1) is 0 Å². The molecule has 0 spiro atoms. The largest absolute Gasteiger partial charge is 0.514 e. The van der Waals surface area contributed by atoms with Gasteiger partial charge >= 0.3 is 12.1 Å². The zero-order valence-corrected chi connectivity index (χ0v) is 9.58. The Kier molecular flexibility index (Phi) is 4.93. The fourth-order valence-electron chi connectivity index (χ4n) is 0.980. The minimum Gasteiger partial charge on any atom is -0.463 e. The number of carbonyl (C=O) groups excluding carboxylic acids is 2. The molecule has 1 aromatic heterocycles. The zero-order valence-electron chi connectivity index (χ0n) is 9.58. The molecule has 1 atom stereocenters. The van der Waals surface area contributed by atoms with Gasteiger partial charge in [-0.1, -0.05) is 0 Å². The number of pyridine rings is 1. The Hall–Kier alpha value is -2.11. The fraction of sp³-hybridized carbons (Fsp3) is 0.364. The van der Waals surface area contributed by atoms with Crippen LogP contribution in [-0.4, -0.2) is 29.8 Å². The predicted molar refractivity (Wildman–Crippen MR) is 57.4 cm³/mol. The predicted octanol–water partition coefficient (Wildman–Crippen LogP) is 1.55. The first kappa shape index (κ1) is 13.0. The fourth-order valence-corrected chi connectivity index (χ4v) is 0.980. The highest BCUT2D eigenvalue weighted by molar-refractivity contribution is 5.77. The minimum absolute atomic E-state index is 0.226. The molecule has 0 saturated heterocycles. The summed E-state index contributed by atoms with van der Waals surface area (Å²) in [5.74, 6) is -0.371. The normalized spacial score (nSPS) is 11.4. The molecule has 0 aliphatic rings. The number of hydrogen-bond acceptors (Lipinski definition) is 6. The topological polar surface area (TPSA) is 74.7 Å². The van der Waals surface area contributed by atoms with Crippen LogP contribution in [0.3, 0.4) is 0 Å². The summed E-state index contributed by atoms with van der Waals surface area (Å²) in [6.07, 6.45) is 0.924. The van der Waals surface area contributed by atoms with Crippen LogP contribution in [0.25, 0.3) is 0 Å². The molecule has 0 saturated carbocycles. The van der Waals surface area contributed by atoms with Crippen molar-refractivity contribution in [3.8, 4) is 5.75 Å². The summed E-state index contributed by atoms with van der Waals surface area (Å²) >= 11 is 0. The van der Waals surface area contributed by atoms with E-state index in [0.717, 1.165) is 0 Å². The molecule has 0 radical (unpaired) electrons. The van der Waals surface area contributed by atoms with E-state index in [-0.39, 0.29) is 12.4 Å². The number of carbonyl (C=O) groups is 2. The van der Waals surface area contributed by atoms with E-state index in [1.807, 2.05) is 0 Å². The van der Waals surface area contributed by atoms with E-state index in [0.29, 0.717) is 0 Å². The summed E-state index contributed by atoms with van der Waals surface area (Å²) in [6, 6.07) is 3.15. The van der Waals surface area contributed by atoms with E-state index in [9.17, 15) is 9.59 Å². The first-order chi connectivity index (χ1) is 8.13. The lowest BCUT2D eigenvalue weighted by Crippen LogP contribution is -2.27. The van der Waals surface area contributed by atoms with Crippen LogP contribution in [-0.2, 0) is 14.3 Å². The maximum Gasteiger partial charge on any atom is 0.514 e. The molecule has 0 aliphatic heterocycles. The molecule has 0 fully saturated rings. The molecule has 17 heavy (non-hydrogen) atoms. The highest BCUT2D eigenvalue weighted by Crippen LogP contribution is 2.08. The number of rotatable bonds is 4. The molecule has 0 bridgehead atoms. The van der Waals surface area contributed by atoms with Crippen LogP contribution in [0.5, 0.6) is 5.75 Å². The standard InChI is InChI=1S/C11H13NO5/c1-3-15-10(13)8(2)16-11(14)17-9-5-4-6-12-7-9/h4-8H,3H2,1-2H3. The van der Waals surface area contributed by atoms with Crippen LogP contribution in [0.1, 0.15) is 13.8 Å². The summed E-state index contributed by atoms with van der Waals surface area (Å²) < 4.78 is 14.2. The Balaban J connectivity index is 2.42. The zero-order chi connectivity index (χ0) is 12.7. The van der Waals surface area contributed by atoms with Crippen LogP contribution in [0.2, 0.25) is 0 Å². The molecule has 0 aromatic carbocycles. The number of nitrogens with zero attached hydrogens (tertiary/aromatic N) is 1. The molecule has 1 unspecified atom stereocenters. The van der Waals surface area contributed by atoms with Crippen molar-refractivity contribution < 1.29 is 23.8 Å². The van der Waals surface area contributed by atoms with E-state index in [1.165, 1.54) is 13.1 Å². The van der Waals surface area contributed by atoms with Crippen molar-refractivity contribution in [1.29, 1.82) is 0 Å². The van der Waals surface area contributed by atoms with Crippen molar-refractivity contribution in [3.05, 3.63) is 24.5 Å². The highest BCUT2D eigenvalue weighted by Gasteiger charge is 2.20. The van der Waals surface area contributed by atoms with Gasteiger partial charge in [-0.3, -0.25) is 4.98 Å². The summed E-state index contributed by atoms with van der Waals surface area (Å²) in [6.45, 7) is 3.30. The number of esters is 1. The van der Waals surface area contributed by atoms with Gasteiger partial charge in [0.15, 0.2) is 11.9 Å². The average Bonchev–Trinajstić information content (AvgIpc) is 2.30. The SMILES string of the molecule is CCOC(=O)C(C)OC(=O)Oc1cccnc1. The summed E-state index contributed by atoms with van der Waals surface area (Å²) in [4.78, 5) is 26.2. The monoisotopic (exact) mass is 239 g/mol. The van der Waals surface area contributed by atoms with Crippen LogP contribution >= 0.6 is 0 Å². The Morgan fingerprint density at radius 2 is 2.24 bits per heavy atom. The van der Waals surface area contributed by atoms with Crippen molar-refractivity contribution in [2.45, 2.75) is 20.0 Å². The van der Waals surface area contributed by atoms with Gasteiger partial charge in [-0.2, -0.15) is 0 Å². The van der Waals surface area contributed by atoms with Gasteiger partial charge in [0.1, 0.15) is 0 Å². The van der Waals surface area contributed by atoms with Gasteiger partial charge in [-0.25, -0.2) is 9.59 Å². The van der Waals surface area contributed by atoms with Crippen molar-refractivity contribution in [1.82, 2.24) is 4.98 Å². The van der Waals surface area contributed by atoms with E-state index in [2.05, 4.69) is 9.72 Å². The molecular formula is C11H13NO5. The minimum atomic E-state index is -1.00. The molecule has 92 valence electrons. The van der Waals surface area contributed by atoms with Crippen LogP contribution in [0, 0.1) is 0 Å². The molecule has 0 amide bonds. The average molecular weight is 239 g/mol. The Morgan fingerprint density at radius 1 is 1.47 bits per heavy atom. The molecule has 6 heteroatoms. The van der Waals surface area contributed by atoms with Gasteiger partial charge in [0.2, 0.25) is 0 Å². The molecular weight excluding hydrogens is 226 g/mol. The van der Waals surface area contributed by atoms with Crippen molar-refractivity contribution in [2.24, 2.45) is 0 Å². The third-order valence-corrected chi connectivity index (χ3v) is 1.73. The van der Waals surface area contributed by atoms with Gasteiger partial charge in [0, 0.05) is 6.20 Å². The molecule has 1 rings (SSSR count). The summed E-state index contributed by atoms with van der Waals surface area (Å²) in [7, 11) is 0. The van der Waals surface area contributed by atoms with Crippen LogP contribution in [0.15, 0.2) is 24.5 Å². The second-order valence-corrected chi connectivity index (χ2v) is 3.05. The number of aromatic nitrogens is 1. The maximum atomic E-state index is 11.3. The van der Waals surface area contributed by atoms with E-state index in [4.69, 9.17) is 9.47 Å². The second-order valence-electron chi connectivity index (χ2n) is 3.05. The van der Waals surface area contributed by atoms with Gasteiger partial charge < -0.3 is 14.2 Å². The van der Waals surface area contributed by atoms with Crippen LogP contribution in [0.4, 0.5) is 4.79 Å². The summed E-state index contributed by atoms with van der Waals surface area (Å²) in [5, 5.41) is 0. The molecule has 6 nitrogen and oxygen atoms in total. The summed E-state index contributed by atoms with van der Waals surface area (Å²) in [5.41, 5.74) is 0. The Labute approximate surface area is 98.5 Å². The lowest BCUT2D eigenvalue weighted by molar-refractivity contribution is -0.152.